The number of primary amides is 1. The van der Waals surface area contributed by atoms with Crippen molar-refractivity contribution in [3.63, 3.8) is 0 Å². The molecular weight excluding hydrogens is 498 g/mol. The molecular formula is C26H31N3O9. The lowest BCUT2D eigenvalue weighted by Crippen LogP contribution is -2.58. The molecule has 0 saturated heterocycles. The lowest BCUT2D eigenvalue weighted by molar-refractivity contribution is -0.147. The number of aliphatic hydroxyl groups excluding tert-OH is 2. The lowest BCUT2D eigenvalue weighted by Gasteiger charge is -2.46. The Bertz CT molecular complexity index is 1310. The van der Waals surface area contributed by atoms with E-state index in [9.17, 15) is 39.6 Å². The van der Waals surface area contributed by atoms with E-state index in [0.29, 0.717) is 17.7 Å². The van der Waals surface area contributed by atoms with Crippen LogP contribution in [0.25, 0.3) is 5.76 Å². The highest BCUT2D eigenvalue weighted by Gasteiger charge is 2.60. The number of benzene rings is 1. The molecule has 3 aliphatic carbocycles. The van der Waals surface area contributed by atoms with Crippen molar-refractivity contribution in [3.8, 4) is 5.75 Å². The van der Waals surface area contributed by atoms with E-state index in [1.54, 1.807) is 19.0 Å². The van der Waals surface area contributed by atoms with E-state index in [1.165, 1.54) is 6.07 Å². The Labute approximate surface area is 218 Å². The number of phenolic OH excluding ortho intramolecular Hbond substituents is 1. The molecule has 4 rings (SSSR count). The van der Waals surface area contributed by atoms with Crippen LogP contribution in [0.2, 0.25) is 0 Å². The van der Waals surface area contributed by atoms with E-state index in [-0.39, 0.29) is 36.3 Å². The van der Waals surface area contributed by atoms with Gasteiger partial charge in [0.05, 0.1) is 17.9 Å². The number of rotatable bonds is 6. The molecule has 0 spiro atoms. The Hall–Kier alpha value is -4.06. The van der Waals surface area contributed by atoms with Gasteiger partial charge in [-0.25, -0.2) is 4.79 Å². The molecule has 3 aliphatic rings. The summed E-state index contributed by atoms with van der Waals surface area (Å²) in [5.74, 6) is -7.15. The van der Waals surface area contributed by atoms with Crippen molar-refractivity contribution in [1.29, 1.82) is 0 Å². The van der Waals surface area contributed by atoms with Crippen LogP contribution in [0.4, 0.5) is 16.2 Å². The van der Waals surface area contributed by atoms with E-state index in [0.717, 1.165) is 6.42 Å². The third-order valence-electron chi connectivity index (χ3n) is 7.49. The van der Waals surface area contributed by atoms with Gasteiger partial charge in [0, 0.05) is 37.7 Å². The molecule has 2 amide bonds. The molecule has 0 aromatic heterocycles. The van der Waals surface area contributed by atoms with Gasteiger partial charge in [-0.3, -0.25) is 19.7 Å². The minimum atomic E-state index is -2.64. The standard InChI is InChI=1S/C26H31N3O9/c1-4-5-6-38-25(36)28-14-10-15(29(2)3)13-8-11-7-12-9-16(30)19(24(27)35)23(34)26(12,37)22(33)17(11)21(32)18(13)20(14)31/h10-12,31-32,34,37H,4-9H2,1-3H3,(H2,27,35)(H,28,36). The van der Waals surface area contributed by atoms with Crippen LogP contribution >= 0.6 is 0 Å². The normalized spacial score (nSPS) is 24.4. The summed E-state index contributed by atoms with van der Waals surface area (Å²) < 4.78 is 5.10. The smallest absolute Gasteiger partial charge is 0.411 e. The van der Waals surface area contributed by atoms with Crippen LogP contribution in [0.5, 0.6) is 5.75 Å². The van der Waals surface area contributed by atoms with Crippen LogP contribution in [0.3, 0.4) is 0 Å². The molecule has 1 fully saturated rings. The van der Waals surface area contributed by atoms with E-state index in [1.807, 2.05) is 6.92 Å². The van der Waals surface area contributed by atoms with Crippen molar-refractivity contribution >= 4 is 40.7 Å². The van der Waals surface area contributed by atoms with E-state index >= 15 is 0 Å². The molecule has 12 nitrogen and oxygen atoms in total. The number of nitrogens with one attached hydrogen (secondary N) is 1. The van der Waals surface area contributed by atoms with Crippen LogP contribution in [-0.4, -0.2) is 70.3 Å². The number of amides is 2. The Balaban J connectivity index is 1.85. The Morgan fingerprint density at radius 3 is 2.50 bits per heavy atom. The Morgan fingerprint density at radius 1 is 1.21 bits per heavy atom. The molecule has 0 heterocycles. The van der Waals surface area contributed by atoms with Gasteiger partial charge in [0.15, 0.2) is 17.1 Å². The molecule has 1 aromatic rings. The largest absolute Gasteiger partial charge is 0.508 e. The maximum Gasteiger partial charge on any atom is 0.411 e. The van der Waals surface area contributed by atoms with Gasteiger partial charge in [0.25, 0.3) is 5.91 Å². The van der Waals surface area contributed by atoms with Crippen molar-refractivity contribution in [3.05, 3.63) is 34.1 Å². The maximum atomic E-state index is 13.7. The highest BCUT2D eigenvalue weighted by molar-refractivity contribution is 6.22. The number of nitrogens with zero attached hydrogens (tertiary/aromatic N) is 1. The molecule has 0 aliphatic heterocycles. The van der Waals surface area contributed by atoms with Gasteiger partial charge in [-0.2, -0.15) is 0 Å². The van der Waals surface area contributed by atoms with Gasteiger partial charge in [-0.15, -0.1) is 0 Å². The minimum absolute atomic E-state index is 0.0281. The second kappa shape index (κ2) is 9.67. The van der Waals surface area contributed by atoms with E-state index in [4.69, 9.17) is 10.5 Å². The number of nitrogens with two attached hydrogens (primary N) is 1. The molecule has 1 saturated carbocycles. The molecule has 3 atom stereocenters. The van der Waals surface area contributed by atoms with Gasteiger partial charge >= 0.3 is 6.09 Å². The number of aromatic hydroxyl groups is 1. The molecule has 7 N–H and O–H groups in total. The predicted molar refractivity (Wildman–Crippen MR) is 136 cm³/mol. The summed E-state index contributed by atoms with van der Waals surface area (Å²) in [5.41, 5.74) is 2.30. The molecule has 3 unspecified atom stereocenters. The fourth-order valence-electron chi connectivity index (χ4n) is 5.62. The van der Waals surface area contributed by atoms with E-state index < -0.39 is 70.3 Å². The van der Waals surface area contributed by atoms with E-state index in [2.05, 4.69) is 5.32 Å². The van der Waals surface area contributed by atoms with Crippen LogP contribution in [-0.2, 0) is 25.5 Å². The fourth-order valence-corrected chi connectivity index (χ4v) is 5.62. The third kappa shape index (κ3) is 4.05. The molecule has 0 radical (unpaired) electrons. The number of aliphatic hydroxyl groups is 3. The quantitative estimate of drug-likeness (QED) is 0.179. The number of ketones is 2. The lowest BCUT2D eigenvalue weighted by atomic mass is 9.59. The first-order valence-corrected chi connectivity index (χ1v) is 12.3. The minimum Gasteiger partial charge on any atom is -0.508 e. The molecule has 204 valence electrons. The topological polar surface area (TPSA) is 200 Å². The number of carbonyl (C=O) groups excluding carboxylic acids is 4. The average Bonchev–Trinajstić information content (AvgIpc) is 2.82. The van der Waals surface area contributed by atoms with Gasteiger partial charge in [0.2, 0.25) is 5.78 Å². The summed E-state index contributed by atoms with van der Waals surface area (Å²) in [6.45, 7) is 2.11. The van der Waals surface area contributed by atoms with Gasteiger partial charge in [-0.05, 0) is 36.8 Å². The summed E-state index contributed by atoms with van der Waals surface area (Å²) in [4.78, 5) is 51.9. The van der Waals surface area contributed by atoms with Crippen LogP contribution in [0.1, 0.15) is 43.7 Å². The number of carbonyl (C=O) groups is 4. The predicted octanol–water partition coefficient (Wildman–Crippen LogP) is 1.84. The first-order valence-electron chi connectivity index (χ1n) is 12.3. The Kier molecular flexibility index (Phi) is 6.87. The summed E-state index contributed by atoms with van der Waals surface area (Å²) in [6, 6.07) is 1.52. The zero-order chi connectivity index (χ0) is 28.1. The average molecular weight is 530 g/mol. The summed E-state index contributed by atoms with van der Waals surface area (Å²) >= 11 is 0. The third-order valence-corrected chi connectivity index (χ3v) is 7.49. The zero-order valence-electron chi connectivity index (χ0n) is 21.3. The number of hydrogen-bond acceptors (Lipinski definition) is 10. The summed E-state index contributed by atoms with van der Waals surface area (Å²) in [7, 11) is 3.45. The van der Waals surface area contributed by atoms with Gasteiger partial charge < -0.3 is 35.8 Å². The van der Waals surface area contributed by atoms with Crippen molar-refractivity contribution < 1.29 is 44.3 Å². The summed E-state index contributed by atoms with van der Waals surface area (Å²) in [6.07, 6.45) is 0.433. The van der Waals surface area contributed by atoms with Crippen LogP contribution in [0.15, 0.2) is 23.0 Å². The number of hydrogen-bond donors (Lipinski definition) is 6. The fraction of sp³-hybridized carbons (Fsp3) is 0.462. The van der Waals surface area contributed by atoms with Crippen molar-refractivity contribution in [2.45, 2.75) is 44.6 Å². The molecule has 0 bridgehead atoms. The Morgan fingerprint density at radius 2 is 1.89 bits per heavy atom. The second-order valence-corrected chi connectivity index (χ2v) is 10.1. The molecule has 12 heteroatoms. The second-order valence-electron chi connectivity index (χ2n) is 10.1. The number of anilines is 2. The first kappa shape index (κ1) is 27.0. The SMILES string of the molecule is CCCCOC(=O)Nc1cc(N(C)C)c2c(c1O)C(O)=C1C(=O)C3(O)C(O)=C(C(N)=O)C(=O)CC3CC1C2. The van der Waals surface area contributed by atoms with Crippen LogP contribution in [0, 0.1) is 11.8 Å². The number of Topliss-reactive ketones (excluding diaryl/α,β-unsaturated/α-hetero) is 2. The maximum absolute atomic E-state index is 13.7. The number of phenols is 1. The number of ether oxygens (including phenoxy) is 1. The van der Waals surface area contributed by atoms with Crippen LogP contribution < -0.4 is 16.0 Å². The molecule has 38 heavy (non-hydrogen) atoms. The highest BCUT2D eigenvalue weighted by atomic mass is 16.5. The van der Waals surface area contributed by atoms with Gasteiger partial charge in [0.1, 0.15) is 17.1 Å². The monoisotopic (exact) mass is 529 g/mol. The van der Waals surface area contributed by atoms with Crippen molar-refractivity contribution in [2.24, 2.45) is 17.6 Å². The highest BCUT2D eigenvalue weighted by Crippen LogP contribution is 2.54. The van der Waals surface area contributed by atoms with Crippen molar-refractivity contribution in [2.75, 3.05) is 30.9 Å². The first-order chi connectivity index (χ1) is 17.8. The number of unbranched alkanes of at least 4 members (excludes halogenated alkanes) is 1. The zero-order valence-corrected chi connectivity index (χ0v) is 21.3. The van der Waals surface area contributed by atoms with Gasteiger partial charge in [-0.1, -0.05) is 13.3 Å². The van der Waals surface area contributed by atoms with Crippen molar-refractivity contribution in [1.82, 2.24) is 0 Å². The summed E-state index contributed by atoms with van der Waals surface area (Å²) in [5, 5.41) is 46.9. The number of fused-ring (bicyclic) bond motifs is 3. The molecule has 1 aromatic carbocycles.